The highest BCUT2D eigenvalue weighted by atomic mass is 35.5. The molecule has 0 spiro atoms. The van der Waals surface area contributed by atoms with Gasteiger partial charge in [-0.05, 0) is 37.1 Å². The summed E-state index contributed by atoms with van der Waals surface area (Å²) in [4.78, 5) is 0. The zero-order valence-electron chi connectivity index (χ0n) is 10.6. The van der Waals surface area contributed by atoms with Gasteiger partial charge >= 0.3 is 6.18 Å². The number of hydrogen-bond acceptors (Lipinski definition) is 2. The molecule has 0 aliphatic carbocycles. The van der Waals surface area contributed by atoms with E-state index in [-0.39, 0.29) is 12.5 Å². The van der Waals surface area contributed by atoms with Gasteiger partial charge in [-0.1, -0.05) is 23.7 Å². The first kappa shape index (κ1) is 16.3. The summed E-state index contributed by atoms with van der Waals surface area (Å²) in [5, 5.41) is 3.67. The van der Waals surface area contributed by atoms with Crippen LogP contribution in [-0.4, -0.2) is 33.0 Å². The van der Waals surface area contributed by atoms with Crippen molar-refractivity contribution in [1.29, 1.82) is 0 Å². The van der Waals surface area contributed by atoms with Crippen LogP contribution in [0.5, 0.6) is 0 Å². The third-order valence-corrected chi connectivity index (χ3v) is 2.92. The first-order valence-corrected chi connectivity index (χ1v) is 6.34. The molecule has 0 amide bonds. The van der Waals surface area contributed by atoms with Crippen LogP contribution in [0, 0.1) is 0 Å². The molecule has 108 valence electrons. The molecule has 0 heterocycles. The van der Waals surface area contributed by atoms with E-state index in [9.17, 15) is 13.2 Å². The molecule has 6 heteroatoms. The highest BCUT2D eigenvalue weighted by molar-refractivity contribution is 6.30. The standard InChI is InChI=1S/C13H17ClF3NO/c1-18-8-11(6-7-19-9-13(15,16)17)10-2-4-12(14)5-3-10/h2-5,11,18H,6-9H2,1H3. The van der Waals surface area contributed by atoms with Crippen molar-refractivity contribution in [2.45, 2.75) is 18.5 Å². The molecule has 0 aromatic heterocycles. The lowest BCUT2D eigenvalue weighted by atomic mass is 9.96. The highest BCUT2D eigenvalue weighted by Gasteiger charge is 2.27. The third kappa shape index (κ3) is 6.80. The van der Waals surface area contributed by atoms with Gasteiger partial charge in [0.05, 0.1) is 0 Å². The zero-order chi connectivity index (χ0) is 14.3. The predicted molar refractivity (Wildman–Crippen MR) is 69.6 cm³/mol. The molecule has 19 heavy (non-hydrogen) atoms. The van der Waals surface area contributed by atoms with Crippen molar-refractivity contribution in [2.75, 3.05) is 26.8 Å². The van der Waals surface area contributed by atoms with Crippen LogP contribution in [0.2, 0.25) is 5.02 Å². The Morgan fingerprint density at radius 1 is 1.26 bits per heavy atom. The number of alkyl halides is 3. The monoisotopic (exact) mass is 295 g/mol. The van der Waals surface area contributed by atoms with Crippen LogP contribution in [0.15, 0.2) is 24.3 Å². The van der Waals surface area contributed by atoms with Crippen LogP contribution in [0.25, 0.3) is 0 Å². The van der Waals surface area contributed by atoms with E-state index in [0.29, 0.717) is 18.0 Å². The maximum Gasteiger partial charge on any atom is 0.411 e. The van der Waals surface area contributed by atoms with Gasteiger partial charge in [0.1, 0.15) is 6.61 Å². The first-order chi connectivity index (χ1) is 8.92. The second kappa shape index (κ2) is 7.72. The fraction of sp³-hybridized carbons (Fsp3) is 0.538. The van der Waals surface area contributed by atoms with E-state index in [0.717, 1.165) is 5.56 Å². The average molecular weight is 296 g/mol. The smallest absolute Gasteiger partial charge is 0.372 e. The molecule has 0 saturated carbocycles. The molecule has 2 nitrogen and oxygen atoms in total. The normalized spacial score (nSPS) is 13.5. The Morgan fingerprint density at radius 2 is 1.89 bits per heavy atom. The lowest BCUT2D eigenvalue weighted by molar-refractivity contribution is -0.174. The number of halogens is 4. The van der Waals surface area contributed by atoms with Crippen LogP contribution >= 0.6 is 11.6 Å². The average Bonchev–Trinajstić information content (AvgIpc) is 2.33. The van der Waals surface area contributed by atoms with Crippen molar-refractivity contribution < 1.29 is 17.9 Å². The topological polar surface area (TPSA) is 21.3 Å². The van der Waals surface area contributed by atoms with Crippen molar-refractivity contribution in [1.82, 2.24) is 5.32 Å². The molecule has 1 unspecified atom stereocenters. The van der Waals surface area contributed by atoms with Crippen molar-refractivity contribution in [3.05, 3.63) is 34.9 Å². The van der Waals surface area contributed by atoms with Crippen LogP contribution in [0.1, 0.15) is 17.9 Å². The maximum absolute atomic E-state index is 11.9. The van der Waals surface area contributed by atoms with Crippen molar-refractivity contribution in [3.8, 4) is 0 Å². The molecule has 0 radical (unpaired) electrons. The summed E-state index contributed by atoms with van der Waals surface area (Å²) in [7, 11) is 1.81. The van der Waals surface area contributed by atoms with Gasteiger partial charge in [-0.15, -0.1) is 0 Å². The fourth-order valence-electron chi connectivity index (χ4n) is 1.78. The number of rotatable bonds is 7. The summed E-state index contributed by atoms with van der Waals surface area (Å²) >= 11 is 5.81. The lowest BCUT2D eigenvalue weighted by Gasteiger charge is -2.17. The van der Waals surface area contributed by atoms with Crippen molar-refractivity contribution in [2.24, 2.45) is 0 Å². The Morgan fingerprint density at radius 3 is 2.42 bits per heavy atom. The van der Waals surface area contributed by atoms with Gasteiger partial charge in [0.2, 0.25) is 0 Å². The van der Waals surface area contributed by atoms with Crippen LogP contribution in [0.3, 0.4) is 0 Å². The number of ether oxygens (including phenoxy) is 1. The van der Waals surface area contributed by atoms with Crippen molar-refractivity contribution in [3.63, 3.8) is 0 Å². The summed E-state index contributed by atoms with van der Waals surface area (Å²) < 4.78 is 40.5. The van der Waals surface area contributed by atoms with Gasteiger partial charge in [-0.2, -0.15) is 13.2 Å². The number of benzene rings is 1. The lowest BCUT2D eigenvalue weighted by Crippen LogP contribution is -2.21. The molecule has 0 aliphatic rings. The van der Waals surface area contributed by atoms with E-state index in [1.807, 2.05) is 12.1 Å². The summed E-state index contributed by atoms with van der Waals surface area (Å²) in [6.07, 6.45) is -3.74. The van der Waals surface area contributed by atoms with E-state index < -0.39 is 12.8 Å². The Bertz CT molecular complexity index is 367. The molecule has 1 N–H and O–H groups in total. The minimum atomic E-state index is -4.27. The Kier molecular flexibility index (Phi) is 6.62. The van der Waals surface area contributed by atoms with E-state index in [4.69, 9.17) is 11.6 Å². The molecule has 0 aliphatic heterocycles. The van der Waals surface area contributed by atoms with Gasteiger partial charge in [0, 0.05) is 18.2 Å². The Hall–Kier alpha value is -0.780. The SMILES string of the molecule is CNCC(CCOCC(F)(F)F)c1ccc(Cl)cc1. The molecule has 0 saturated heterocycles. The second-order valence-corrected chi connectivity index (χ2v) is 4.70. The predicted octanol–water partition coefficient (Wildman–Crippen LogP) is 3.61. The minimum absolute atomic E-state index is 0.0779. The summed E-state index contributed by atoms with van der Waals surface area (Å²) in [6.45, 7) is -0.439. The van der Waals surface area contributed by atoms with E-state index in [1.165, 1.54) is 0 Å². The summed E-state index contributed by atoms with van der Waals surface area (Å²) in [5.41, 5.74) is 1.04. The van der Waals surface area contributed by atoms with Gasteiger partial charge in [0.25, 0.3) is 0 Å². The van der Waals surface area contributed by atoms with Crippen LogP contribution < -0.4 is 5.32 Å². The molecule has 1 rings (SSSR count). The Labute approximate surface area is 115 Å². The summed E-state index contributed by atoms with van der Waals surface area (Å²) in [6, 6.07) is 7.31. The molecule has 0 bridgehead atoms. The third-order valence-electron chi connectivity index (χ3n) is 2.67. The fourth-order valence-corrected chi connectivity index (χ4v) is 1.91. The molecule has 1 atom stereocenters. The largest absolute Gasteiger partial charge is 0.411 e. The summed E-state index contributed by atoms with van der Waals surface area (Å²) in [5.74, 6) is 0.107. The first-order valence-electron chi connectivity index (χ1n) is 5.97. The minimum Gasteiger partial charge on any atom is -0.372 e. The number of hydrogen-bond donors (Lipinski definition) is 1. The Balaban J connectivity index is 2.47. The molecule has 1 aromatic rings. The van der Waals surface area contributed by atoms with Gasteiger partial charge in [-0.25, -0.2) is 0 Å². The highest BCUT2D eigenvalue weighted by Crippen LogP contribution is 2.22. The van der Waals surface area contributed by atoms with E-state index >= 15 is 0 Å². The maximum atomic E-state index is 11.9. The van der Waals surface area contributed by atoms with E-state index in [2.05, 4.69) is 10.1 Å². The van der Waals surface area contributed by atoms with Crippen LogP contribution in [0.4, 0.5) is 13.2 Å². The van der Waals surface area contributed by atoms with Crippen molar-refractivity contribution >= 4 is 11.6 Å². The molecule has 1 aromatic carbocycles. The quantitative estimate of drug-likeness (QED) is 0.776. The molecular weight excluding hydrogens is 279 g/mol. The van der Waals surface area contributed by atoms with Crippen LogP contribution in [-0.2, 0) is 4.74 Å². The van der Waals surface area contributed by atoms with Gasteiger partial charge in [-0.3, -0.25) is 0 Å². The number of nitrogens with one attached hydrogen (secondary N) is 1. The number of likely N-dealkylation sites (N-methyl/N-ethyl adjacent to an activating group) is 1. The van der Waals surface area contributed by atoms with Gasteiger partial charge in [0.15, 0.2) is 0 Å². The zero-order valence-corrected chi connectivity index (χ0v) is 11.4. The molecular formula is C13H17ClF3NO. The van der Waals surface area contributed by atoms with E-state index in [1.54, 1.807) is 19.2 Å². The second-order valence-electron chi connectivity index (χ2n) is 4.26. The van der Waals surface area contributed by atoms with Gasteiger partial charge < -0.3 is 10.1 Å². The molecule has 0 fully saturated rings.